The molecule has 3 heteroatoms. The van der Waals surface area contributed by atoms with Crippen LogP contribution in [0.3, 0.4) is 0 Å². The van der Waals surface area contributed by atoms with Crippen LogP contribution in [0.2, 0.25) is 0 Å². The molecule has 0 saturated heterocycles. The molecule has 1 aromatic carbocycles. The second-order valence-electron chi connectivity index (χ2n) is 5.87. The summed E-state index contributed by atoms with van der Waals surface area (Å²) in [5.41, 5.74) is 2.27. The zero-order chi connectivity index (χ0) is 14.0. The summed E-state index contributed by atoms with van der Waals surface area (Å²) in [4.78, 5) is 4.74. The molecule has 2 aromatic rings. The van der Waals surface area contributed by atoms with Crippen molar-refractivity contribution in [1.82, 2.24) is 14.9 Å². The van der Waals surface area contributed by atoms with Crippen LogP contribution in [-0.2, 0) is 7.05 Å². The van der Waals surface area contributed by atoms with Crippen molar-refractivity contribution in [3.63, 3.8) is 0 Å². The maximum Gasteiger partial charge on any atom is 0.126 e. The Morgan fingerprint density at radius 1 is 1.16 bits per heavy atom. The minimum absolute atomic E-state index is 0.276. The summed E-state index contributed by atoms with van der Waals surface area (Å²) in [7, 11) is 2.09. The highest BCUT2D eigenvalue weighted by Gasteiger charge is 2.15. The van der Waals surface area contributed by atoms with Gasteiger partial charge in [-0.2, -0.15) is 0 Å². The molecule has 0 aliphatic heterocycles. The molecular weight excluding hydrogens is 234 g/mol. The van der Waals surface area contributed by atoms with E-state index in [1.54, 1.807) is 0 Å². The number of rotatable bonds is 5. The standard InChI is InChI=1S/C16H25N3/c1-11(2)12(3)10-17-13(4)16-18-14-8-6-7-9-15(14)19(16)5/h6-9,11-13,17H,10H2,1-5H3. The maximum atomic E-state index is 4.74. The molecule has 0 aliphatic rings. The summed E-state index contributed by atoms with van der Waals surface area (Å²) in [6.07, 6.45) is 0. The Morgan fingerprint density at radius 2 is 1.84 bits per heavy atom. The van der Waals surface area contributed by atoms with Gasteiger partial charge in [-0.05, 0) is 37.4 Å². The smallest absolute Gasteiger partial charge is 0.126 e. The lowest BCUT2D eigenvalue weighted by Gasteiger charge is -2.20. The fraction of sp³-hybridized carbons (Fsp3) is 0.562. The zero-order valence-electron chi connectivity index (χ0n) is 12.6. The van der Waals surface area contributed by atoms with Crippen molar-refractivity contribution in [2.24, 2.45) is 18.9 Å². The number of nitrogens with zero attached hydrogens (tertiary/aromatic N) is 2. The Bertz CT molecular complexity index is 542. The van der Waals surface area contributed by atoms with Gasteiger partial charge in [-0.15, -0.1) is 0 Å². The minimum Gasteiger partial charge on any atom is -0.330 e. The van der Waals surface area contributed by atoms with Gasteiger partial charge in [0.05, 0.1) is 17.1 Å². The first kappa shape index (κ1) is 14.1. The first-order valence-electron chi connectivity index (χ1n) is 7.15. The first-order chi connectivity index (χ1) is 9.00. The summed E-state index contributed by atoms with van der Waals surface area (Å²) in [5.74, 6) is 2.49. The second kappa shape index (κ2) is 5.74. The summed E-state index contributed by atoms with van der Waals surface area (Å²) >= 11 is 0. The van der Waals surface area contributed by atoms with Crippen LogP contribution < -0.4 is 5.32 Å². The van der Waals surface area contributed by atoms with Gasteiger partial charge in [0.2, 0.25) is 0 Å². The van der Waals surface area contributed by atoms with E-state index >= 15 is 0 Å². The monoisotopic (exact) mass is 259 g/mol. The lowest BCUT2D eigenvalue weighted by atomic mass is 9.98. The summed E-state index contributed by atoms with van der Waals surface area (Å²) < 4.78 is 2.19. The Labute approximate surface area is 116 Å². The molecule has 1 heterocycles. The minimum atomic E-state index is 0.276. The molecular formula is C16H25N3. The van der Waals surface area contributed by atoms with E-state index in [-0.39, 0.29) is 6.04 Å². The highest BCUT2D eigenvalue weighted by Crippen LogP contribution is 2.19. The van der Waals surface area contributed by atoms with Gasteiger partial charge in [0.15, 0.2) is 0 Å². The molecule has 0 saturated carbocycles. The number of fused-ring (bicyclic) bond motifs is 1. The lowest BCUT2D eigenvalue weighted by molar-refractivity contribution is 0.370. The van der Waals surface area contributed by atoms with Crippen LogP contribution in [0, 0.1) is 11.8 Å². The van der Waals surface area contributed by atoms with Crippen molar-refractivity contribution in [3.8, 4) is 0 Å². The number of hydrogen-bond donors (Lipinski definition) is 1. The molecule has 2 rings (SSSR count). The summed E-state index contributed by atoms with van der Waals surface area (Å²) in [6, 6.07) is 8.57. The Hall–Kier alpha value is -1.35. The van der Waals surface area contributed by atoms with Crippen molar-refractivity contribution < 1.29 is 0 Å². The third-order valence-corrected chi connectivity index (χ3v) is 4.09. The second-order valence-corrected chi connectivity index (χ2v) is 5.87. The molecule has 0 radical (unpaired) electrons. The summed E-state index contributed by atoms with van der Waals surface area (Å²) in [6.45, 7) is 10.0. The number of hydrogen-bond acceptors (Lipinski definition) is 2. The third-order valence-electron chi connectivity index (χ3n) is 4.09. The summed E-state index contributed by atoms with van der Waals surface area (Å²) in [5, 5.41) is 3.60. The number of imidazole rings is 1. The van der Waals surface area contributed by atoms with Crippen LogP contribution in [0.1, 0.15) is 39.6 Å². The normalized spacial score (nSPS) is 15.1. The van der Waals surface area contributed by atoms with E-state index in [0.29, 0.717) is 11.8 Å². The van der Waals surface area contributed by atoms with Crippen molar-refractivity contribution in [2.45, 2.75) is 33.7 Å². The van der Waals surface area contributed by atoms with E-state index in [0.717, 1.165) is 17.9 Å². The molecule has 1 aromatic heterocycles. The van der Waals surface area contributed by atoms with E-state index in [1.165, 1.54) is 5.52 Å². The Balaban J connectivity index is 2.13. The molecule has 1 N–H and O–H groups in total. The number of aromatic nitrogens is 2. The molecule has 2 unspecified atom stereocenters. The van der Waals surface area contributed by atoms with Crippen molar-refractivity contribution >= 4 is 11.0 Å². The highest BCUT2D eigenvalue weighted by molar-refractivity contribution is 5.75. The molecule has 2 atom stereocenters. The fourth-order valence-electron chi connectivity index (χ4n) is 2.24. The predicted molar refractivity (Wildman–Crippen MR) is 81.1 cm³/mol. The first-order valence-corrected chi connectivity index (χ1v) is 7.15. The maximum absolute atomic E-state index is 4.74. The van der Waals surface area contributed by atoms with Gasteiger partial charge >= 0.3 is 0 Å². The average molecular weight is 259 g/mol. The molecule has 3 nitrogen and oxygen atoms in total. The van der Waals surface area contributed by atoms with Gasteiger partial charge in [-0.25, -0.2) is 4.98 Å². The van der Waals surface area contributed by atoms with Crippen molar-refractivity contribution in [1.29, 1.82) is 0 Å². The Morgan fingerprint density at radius 3 is 2.47 bits per heavy atom. The number of nitrogens with one attached hydrogen (secondary N) is 1. The van der Waals surface area contributed by atoms with Crippen LogP contribution in [0.15, 0.2) is 24.3 Å². The van der Waals surface area contributed by atoms with Crippen molar-refractivity contribution in [3.05, 3.63) is 30.1 Å². The van der Waals surface area contributed by atoms with Crippen LogP contribution >= 0.6 is 0 Å². The molecule has 0 amide bonds. The number of benzene rings is 1. The van der Waals surface area contributed by atoms with Gasteiger partial charge < -0.3 is 9.88 Å². The highest BCUT2D eigenvalue weighted by atomic mass is 15.1. The topological polar surface area (TPSA) is 29.9 Å². The van der Waals surface area contributed by atoms with E-state index in [1.807, 2.05) is 6.07 Å². The average Bonchev–Trinajstić information content (AvgIpc) is 2.73. The van der Waals surface area contributed by atoms with Crippen molar-refractivity contribution in [2.75, 3.05) is 6.54 Å². The quantitative estimate of drug-likeness (QED) is 0.890. The molecule has 0 spiro atoms. The van der Waals surface area contributed by atoms with Gasteiger partial charge in [-0.3, -0.25) is 0 Å². The van der Waals surface area contributed by atoms with Crippen LogP contribution in [0.5, 0.6) is 0 Å². The molecule has 19 heavy (non-hydrogen) atoms. The SMILES string of the molecule is CC(NCC(C)C(C)C)c1nc2ccccc2n1C. The van der Waals surface area contributed by atoms with Gasteiger partial charge in [0.25, 0.3) is 0 Å². The zero-order valence-corrected chi connectivity index (χ0v) is 12.6. The van der Waals surface area contributed by atoms with E-state index in [4.69, 9.17) is 4.98 Å². The number of aryl methyl sites for hydroxylation is 1. The van der Waals surface area contributed by atoms with Gasteiger partial charge in [-0.1, -0.05) is 32.9 Å². The third kappa shape index (κ3) is 2.98. The van der Waals surface area contributed by atoms with E-state index < -0.39 is 0 Å². The van der Waals surface area contributed by atoms with E-state index in [2.05, 4.69) is 62.8 Å². The predicted octanol–water partition coefficient (Wildman–Crippen LogP) is 3.52. The molecule has 0 fully saturated rings. The van der Waals surface area contributed by atoms with E-state index in [9.17, 15) is 0 Å². The lowest BCUT2D eigenvalue weighted by Crippen LogP contribution is -2.28. The molecule has 0 aliphatic carbocycles. The van der Waals surface area contributed by atoms with Crippen LogP contribution in [0.25, 0.3) is 11.0 Å². The molecule has 0 bridgehead atoms. The fourth-order valence-corrected chi connectivity index (χ4v) is 2.24. The number of para-hydroxylation sites is 2. The largest absolute Gasteiger partial charge is 0.330 e. The van der Waals surface area contributed by atoms with Gasteiger partial charge in [0.1, 0.15) is 5.82 Å². The Kier molecular flexibility index (Phi) is 4.25. The molecule has 104 valence electrons. The van der Waals surface area contributed by atoms with Crippen LogP contribution in [0.4, 0.5) is 0 Å². The van der Waals surface area contributed by atoms with Crippen LogP contribution in [-0.4, -0.2) is 16.1 Å². The van der Waals surface area contributed by atoms with Gasteiger partial charge in [0, 0.05) is 7.05 Å².